The van der Waals surface area contributed by atoms with E-state index >= 15 is 0 Å². The molecular weight excluding hydrogens is 332 g/mol. The summed E-state index contributed by atoms with van der Waals surface area (Å²) in [5, 5.41) is 10.7. The van der Waals surface area contributed by atoms with Gasteiger partial charge in [-0.1, -0.05) is 42.5 Å². The van der Waals surface area contributed by atoms with E-state index in [1.165, 1.54) is 29.2 Å². The number of carbonyl (C=O) groups is 1. The van der Waals surface area contributed by atoms with Gasteiger partial charge in [0.2, 0.25) is 0 Å². The largest absolute Gasteiger partial charge is 0.419 e. The van der Waals surface area contributed by atoms with Crippen LogP contribution in [-0.2, 0) is 0 Å². The van der Waals surface area contributed by atoms with Gasteiger partial charge in [0.05, 0.1) is 4.92 Å². The van der Waals surface area contributed by atoms with Gasteiger partial charge in [-0.25, -0.2) is 4.79 Å². The Labute approximate surface area is 150 Å². The molecule has 3 aromatic rings. The molecule has 0 unspecified atom stereocenters. The van der Waals surface area contributed by atoms with Gasteiger partial charge in [-0.3, -0.25) is 15.0 Å². The minimum atomic E-state index is -0.580. The van der Waals surface area contributed by atoms with E-state index in [9.17, 15) is 14.9 Å². The van der Waals surface area contributed by atoms with Gasteiger partial charge >= 0.3 is 6.09 Å². The summed E-state index contributed by atoms with van der Waals surface area (Å²) in [4.78, 5) is 23.9. The molecule has 0 fully saturated rings. The Kier molecular flexibility index (Phi) is 4.94. The number of rotatable bonds is 4. The molecule has 6 heteroatoms. The van der Waals surface area contributed by atoms with Gasteiger partial charge in [-0.15, -0.1) is 0 Å². The molecule has 0 radical (unpaired) electrons. The number of anilines is 1. The maximum absolute atomic E-state index is 12.3. The first-order chi connectivity index (χ1) is 12.5. The molecule has 3 rings (SSSR count). The number of non-ortho nitro benzene ring substituents is 1. The summed E-state index contributed by atoms with van der Waals surface area (Å²) in [6, 6.07) is 22.7. The van der Waals surface area contributed by atoms with Gasteiger partial charge in [-0.2, -0.15) is 0 Å². The highest BCUT2D eigenvalue weighted by atomic mass is 16.6. The number of amides is 1. The van der Waals surface area contributed by atoms with Crippen LogP contribution in [0.25, 0.3) is 11.1 Å². The molecule has 0 bridgehead atoms. The van der Waals surface area contributed by atoms with Gasteiger partial charge in [0.1, 0.15) is 5.75 Å². The Morgan fingerprint density at radius 1 is 0.923 bits per heavy atom. The van der Waals surface area contributed by atoms with Crippen molar-refractivity contribution in [2.24, 2.45) is 0 Å². The first-order valence-electron chi connectivity index (χ1n) is 7.90. The lowest BCUT2D eigenvalue weighted by Gasteiger charge is -2.17. The molecule has 1 amide bonds. The highest BCUT2D eigenvalue weighted by Crippen LogP contribution is 2.25. The fourth-order valence-corrected chi connectivity index (χ4v) is 2.44. The van der Waals surface area contributed by atoms with Gasteiger partial charge in [0.25, 0.3) is 5.69 Å². The van der Waals surface area contributed by atoms with E-state index in [2.05, 4.69) is 0 Å². The van der Waals surface area contributed by atoms with Gasteiger partial charge in [0.15, 0.2) is 0 Å². The molecule has 0 spiro atoms. The summed E-state index contributed by atoms with van der Waals surface area (Å²) in [7, 11) is 1.61. The van der Waals surface area contributed by atoms with Crippen LogP contribution in [0.5, 0.6) is 5.75 Å². The lowest BCUT2D eigenvalue weighted by atomic mass is 10.1. The van der Waals surface area contributed by atoms with Crippen LogP contribution in [0.2, 0.25) is 0 Å². The third-order valence-electron chi connectivity index (χ3n) is 3.87. The Bertz CT molecular complexity index is 924. The van der Waals surface area contributed by atoms with Gasteiger partial charge in [0, 0.05) is 24.9 Å². The molecule has 0 saturated heterocycles. The Morgan fingerprint density at radius 3 is 2.23 bits per heavy atom. The summed E-state index contributed by atoms with van der Waals surface area (Å²) in [6.07, 6.45) is -0.580. The summed E-state index contributed by atoms with van der Waals surface area (Å²) < 4.78 is 5.28. The zero-order valence-corrected chi connectivity index (χ0v) is 14.0. The van der Waals surface area contributed by atoms with Crippen LogP contribution in [0.3, 0.4) is 0 Å². The second kappa shape index (κ2) is 7.48. The van der Waals surface area contributed by atoms with Crippen LogP contribution in [0.15, 0.2) is 78.9 Å². The fraction of sp³-hybridized carbons (Fsp3) is 0.0500. The fourth-order valence-electron chi connectivity index (χ4n) is 2.44. The molecule has 130 valence electrons. The molecule has 26 heavy (non-hydrogen) atoms. The van der Waals surface area contributed by atoms with Crippen LogP contribution >= 0.6 is 0 Å². The number of ether oxygens (including phenoxy) is 1. The van der Waals surface area contributed by atoms with Crippen molar-refractivity contribution in [2.45, 2.75) is 0 Å². The third kappa shape index (κ3) is 3.87. The minimum absolute atomic E-state index is 0.0614. The maximum atomic E-state index is 12.3. The molecule has 0 saturated carbocycles. The van der Waals surface area contributed by atoms with Crippen molar-refractivity contribution in [3.8, 4) is 16.9 Å². The van der Waals surface area contributed by atoms with E-state index in [1.54, 1.807) is 7.05 Å². The number of nitro groups is 1. The number of hydrogen-bond acceptors (Lipinski definition) is 4. The zero-order chi connectivity index (χ0) is 18.5. The average molecular weight is 348 g/mol. The quantitative estimate of drug-likeness (QED) is 0.497. The van der Waals surface area contributed by atoms with E-state index < -0.39 is 11.0 Å². The summed E-state index contributed by atoms with van der Waals surface area (Å²) >= 11 is 0. The van der Waals surface area contributed by atoms with Crippen molar-refractivity contribution in [3.63, 3.8) is 0 Å². The number of benzene rings is 3. The normalized spacial score (nSPS) is 10.2. The van der Waals surface area contributed by atoms with Gasteiger partial charge < -0.3 is 4.74 Å². The predicted octanol–water partition coefficient (Wildman–Crippen LogP) is 4.90. The average Bonchev–Trinajstić information content (AvgIpc) is 2.68. The molecule has 0 heterocycles. The Hall–Kier alpha value is -3.67. The number of nitro benzene ring substituents is 1. The van der Waals surface area contributed by atoms with E-state index in [1.807, 2.05) is 54.6 Å². The summed E-state index contributed by atoms with van der Waals surface area (Å²) in [5.41, 5.74) is 2.65. The number of carbonyl (C=O) groups excluding carboxylic acids is 1. The first-order valence-corrected chi connectivity index (χ1v) is 7.90. The Morgan fingerprint density at radius 2 is 1.58 bits per heavy atom. The lowest BCUT2D eigenvalue weighted by Crippen LogP contribution is -2.29. The first kappa shape index (κ1) is 17.2. The molecule has 3 aromatic carbocycles. The summed E-state index contributed by atoms with van der Waals surface area (Å²) in [5.74, 6) is 0.242. The van der Waals surface area contributed by atoms with Crippen molar-refractivity contribution in [1.29, 1.82) is 0 Å². The topological polar surface area (TPSA) is 72.7 Å². The van der Waals surface area contributed by atoms with E-state index in [0.29, 0.717) is 5.69 Å². The van der Waals surface area contributed by atoms with Crippen LogP contribution < -0.4 is 9.64 Å². The second-order valence-electron chi connectivity index (χ2n) is 5.59. The second-order valence-corrected chi connectivity index (χ2v) is 5.59. The molecule has 0 aliphatic heterocycles. The molecule has 6 nitrogen and oxygen atoms in total. The van der Waals surface area contributed by atoms with Crippen molar-refractivity contribution >= 4 is 17.5 Å². The van der Waals surface area contributed by atoms with E-state index in [0.717, 1.165) is 11.1 Å². The molecular formula is C20H16N2O4. The predicted molar refractivity (Wildman–Crippen MR) is 99.4 cm³/mol. The smallest absolute Gasteiger partial charge is 0.410 e. The Balaban J connectivity index is 1.75. The number of hydrogen-bond donors (Lipinski definition) is 0. The third-order valence-corrected chi connectivity index (χ3v) is 3.87. The van der Waals surface area contributed by atoms with Crippen molar-refractivity contribution in [1.82, 2.24) is 0 Å². The molecule has 0 aromatic heterocycles. The van der Waals surface area contributed by atoms with Crippen LogP contribution in [-0.4, -0.2) is 18.1 Å². The van der Waals surface area contributed by atoms with E-state index in [-0.39, 0.29) is 11.4 Å². The van der Waals surface area contributed by atoms with Crippen molar-refractivity contribution < 1.29 is 14.5 Å². The van der Waals surface area contributed by atoms with Crippen molar-refractivity contribution in [3.05, 3.63) is 89.0 Å². The zero-order valence-electron chi connectivity index (χ0n) is 14.0. The monoisotopic (exact) mass is 348 g/mol. The summed E-state index contributed by atoms with van der Waals surface area (Å²) in [6.45, 7) is 0. The van der Waals surface area contributed by atoms with Crippen LogP contribution in [0.4, 0.5) is 16.2 Å². The van der Waals surface area contributed by atoms with Crippen LogP contribution in [0.1, 0.15) is 0 Å². The standard InChI is InChI=1S/C20H16N2O4/c1-21(20(23)26-19-12-10-17(11-13-19)22(24)25)18-9-5-8-16(14-18)15-6-3-2-4-7-15/h2-14H,1H3. The lowest BCUT2D eigenvalue weighted by molar-refractivity contribution is -0.384. The van der Waals surface area contributed by atoms with Gasteiger partial charge in [-0.05, 0) is 35.4 Å². The molecule has 0 aliphatic rings. The van der Waals surface area contributed by atoms with Crippen LogP contribution in [0, 0.1) is 10.1 Å². The highest BCUT2D eigenvalue weighted by Gasteiger charge is 2.15. The highest BCUT2D eigenvalue weighted by molar-refractivity contribution is 5.89. The van der Waals surface area contributed by atoms with Crippen molar-refractivity contribution in [2.75, 3.05) is 11.9 Å². The molecule has 0 atom stereocenters. The SMILES string of the molecule is CN(C(=O)Oc1ccc([N+](=O)[O-])cc1)c1cccc(-c2ccccc2)c1. The van der Waals surface area contributed by atoms with E-state index in [4.69, 9.17) is 4.74 Å². The molecule has 0 aliphatic carbocycles. The molecule has 0 N–H and O–H groups in total. The minimum Gasteiger partial charge on any atom is -0.410 e. The number of nitrogens with zero attached hydrogens (tertiary/aromatic N) is 2. The maximum Gasteiger partial charge on any atom is 0.419 e.